The summed E-state index contributed by atoms with van der Waals surface area (Å²) in [5, 5.41) is 0.723. The lowest BCUT2D eigenvalue weighted by atomic mass is 10.1. The van der Waals surface area contributed by atoms with Gasteiger partial charge in [0.25, 0.3) is 5.56 Å². The number of aromatic nitrogens is 2. The van der Waals surface area contributed by atoms with Crippen molar-refractivity contribution in [3.8, 4) is 0 Å². The highest BCUT2D eigenvalue weighted by molar-refractivity contribution is 8.01. The zero-order valence-electron chi connectivity index (χ0n) is 12.9. The SMILES string of the molecule is COC(=O)c1ccc(Cc2nc3sc4c(c3c(=O)[nH]2)CCCS4)o1. The van der Waals surface area contributed by atoms with Crippen LogP contribution in [0.25, 0.3) is 10.2 Å². The topological polar surface area (TPSA) is 85.2 Å². The molecule has 0 saturated heterocycles. The molecule has 6 nitrogen and oxygen atoms in total. The van der Waals surface area contributed by atoms with Gasteiger partial charge in [-0.2, -0.15) is 0 Å². The van der Waals surface area contributed by atoms with E-state index in [1.54, 1.807) is 35.2 Å². The average Bonchev–Trinajstić information content (AvgIpc) is 3.18. The molecule has 0 spiro atoms. The first kappa shape index (κ1) is 15.5. The molecule has 1 aliphatic heterocycles. The standard InChI is InChI=1S/C16H14N2O4S2/c1-21-15(20)10-5-4-8(22-10)7-11-17-13(19)12-9-3-2-6-23-16(9)24-14(12)18-11/h4-5H,2-3,6-7H2,1H3,(H,17,18,19). The van der Waals surface area contributed by atoms with Gasteiger partial charge in [-0.1, -0.05) is 0 Å². The van der Waals surface area contributed by atoms with Gasteiger partial charge in [0.05, 0.1) is 23.1 Å². The van der Waals surface area contributed by atoms with E-state index in [0.29, 0.717) is 18.0 Å². The van der Waals surface area contributed by atoms with Gasteiger partial charge < -0.3 is 14.1 Å². The maximum atomic E-state index is 12.5. The molecule has 3 aromatic heterocycles. The summed E-state index contributed by atoms with van der Waals surface area (Å²) in [6.45, 7) is 0. The lowest BCUT2D eigenvalue weighted by molar-refractivity contribution is 0.0563. The number of esters is 1. The van der Waals surface area contributed by atoms with Crippen molar-refractivity contribution in [1.82, 2.24) is 9.97 Å². The van der Waals surface area contributed by atoms with Crippen LogP contribution in [0, 0.1) is 0 Å². The molecular formula is C16H14N2O4S2. The fraction of sp³-hybridized carbons (Fsp3) is 0.312. The number of ether oxygens (including phenoxy) is 1. The monoisotopic (exact) mass is 362 g/mol. The lowest BCUT2D eigenvalue weighted by Gasteiger charge is -2.09. The van der Waals surface area contributed by atoms with Crippen LogP contribution in [0.15, 0.2) is 25.6 Å². The third kappa shape index (κ3) is 2.65. The van der Waals surface area contributed by atoms with Gasteiger partial charge in [-0.3, -0.25) is 4.79 Å². The largest absolute Gasteiger partial charge is 0.463 e. The Hall–Kier alpha value is -2.06. The molecule has 0 unspecified atom stereocenters. The Labute approximate surface area is 145 Å². The van der Waals surface area contributed by atoms with E-state index < -0.39 is 5.97 Å². The molecule has 0 bridgehead atoms. The summed E-state index contributed by atoms with van der Waals surface area (Å²) in [6.07, 6.45) is 2.35. The van der Waals surface area contributed by atoms with E-state index in [2.05, 4.69) is 14.7 Å². The van der Waals surface area contributed by atoms with Crippen LogP contribution in [-0.4, -0.2) is 28.8 Å². The third-order valence-electron chi connectivity index (χ3n) is 3.87. The van der Waals surface area contributed by atoms with E-state index in [0.717, 1.165) is 34.4 Å². The number of thiophene rings is 1. The predicted molar refractivity (Wildman–Crippen MR) is 92.1 cm³/mol. The molecule has 0 atom stereocenters. The summed E-state index contributed by atoms with van der Waals surface area (Å²) in [7, 11) is 1.30. The maximum Gasteiger partial charge on any atom is 0.373 e. The molecule has 4 heterocycles. The van der Waals surface area contributed by atoms with Crippen LogP contribution >= 0.6 is 23.1 Å². The highest BCUT2D eigenvalue weighted by atomic mass is 32.2. The van der Waals surface area contributed by atoms with E-state index in [-0.39, 0.29) is 11.3 Å². The quantitative estimate of drug-likeness (QED) is 0.721. The van der Waals surface area contributed by atoms with Gasteiger partial charge in [0, 0.05) is 0 Å². The molecule has 124 valence electrons. The number of carbonyl (C=O) groups is 1. The molecule has 0 fully saturated rings. The number of furan rings is 1. The molecule has 0 radical (unpaired) electrons. The van der Waals surface area contributed by atoms with Gasteiger partial charge in [-0.25, -0.2) is 9.78 Å². The Bertz CT molecular complexity index is 986. The highest BCUT2D eigenvalue weighted by Crippen LogP contribution is 2.40. The summed E-state index contributed by atoms with van der Waals surface area (Å²) < 4.78 is 11.3. The van der Waals surface area contributed by atoms with E-state index in [9.17, 15) is 9.59 Å². The number of nitrogens with one attached hydrogen (secondary N) is 1. The second-order valence-electron chi connectivity index (χ2n) is 5.45. The number of nitrogens with zero attached hydrogens (tertiary/aromatic N) is 1. The number of aromatic amines is 1. The van der Waals surface area contributed by atoms with Gasteiger partial charge >= 0.3 is 5.97 Å². The highest BCUT2D eigenvalue weighted by Gasteiger charge is 2.20. The lowest BCUT2D eigenvalue weighted by Crippen LogP contribution is -2.12. The van der Waals surface area contributed by atoms with E-state index >= 15 is 0 Å². The molecule has 0 amide bonds. The number of aryl methyl sites for hydroxylation is 1. The van der Waals surface area contributed by atoms with Crippen LogP contribution in [-0.2, 0) is 17.6 Å². The number of fused-ring (bicyclic) bond motifs is 3. The molecular weight excluding hydrogens is 348 g/mol. The molecule has 1 N–H and O–H groups in total. The molecule has 0 aromatic carbocycles. The first-order chi connectivity index (χ1) is 11.7. The number of thioether (sulfide) groups is 1. The minimum atomic E-state index is -0.527. The minimum Gasteiger partial charge on any atom is -0.463 e. The number of rotatable bonds is 3. The molecule has 1 aliphatic rings. The molecule has 8 heteroatoms. The fourth-order valence-electron chi connectivity index (χ4n) is 2.78. The maximum absolute atomic E-state index is 12.5. The summed E-state index contributed by atoms with van der Waals surface area (Å²) in [6, 6.07) is 3.24. The van der Waals surface area contributed by atoms with Crippen LogP contribution in [0.3, 0.4) is 0 Å². The molecule has 0 aliphatic carbocycles. The molecule has 24 heavy (non-hydrogen) atoms. The second kappa shape index (κ2) is 6.10. The zero-order valence-corrected chi connectivity index (χ0v) is 14.5. The summed E-state index contributed by atoms with van der Waals surface area (Å²) >= 11 is 3.38. The van der Waals surface area contributed by atoms with Crippen LogP contribution in [0.5, 0.6) is 0 Å². The van der Waals surface area contributed by atoms with Gasteiger partial charge in [0.15, 0.2) is 0 Å². The van der Waals surface area contributed by atoms with Crippen molar-refractivity contribution in [2.45, 2.75) is 23.5 Å². The van der Waals surface area contributed by atoms with E-state index in [1.165, 1.54) is 11.3 Å². The zero-order chi connectivity index (χ0) is 16.7. The van der Waals surface area contributed by atoms with Crippen molar-refractivity contribution < 1.29 is 13.9 Å². The van der Waals surface area contributed by atoms with Gasteiger partial charge in [0.2, 0.25) is 5.76 Å². The van der Waals surface area contributed by atoms with Crippen molar-refractivity contribution in [2.24, 2.45) is 0 Å². The Morgan fingerprint density at radius 2 is 2.33 bits per heavy atom. The van der Waals surface area contributed by atoms with Crippen molar-refractivity contribution in [2.75, 3.05) is 12.9 Å². The summed E-state index contributed by atoms with van der Waals surface area (Å²) in [4.78, 5) is 32.1. The minimum absolute atomic E-state index is 0.102. The predicted octanol–water partition coefficient (Wildman–Crippen LogP) is 2.99. The van der Waals surface area contributed by atoms with Crippen molar-refractivity contribution in [1.29, 1.82) is 0 Å². The molecule has 4 rings (SSSR count). The number of hydrogen-bond acceptors (Lipinski definition) is 7. The van der Waals surface area contributed by atoms with Crippen molar-refractivity contribution in [3.05, 3.63) is 45.4 Å². The van der Waals surface area contributed by atoms with Crippen molar-refractivity contribution in [3.63, 3.8) is 0 Å². The third-order valence-corrected chi connectivity index (χ3v) is 6.39. The van der Waals surface area contributed by atoms with Gasteiger partial charge in [0.1, 0.15) is 16.4 Å². The first-order valence-electron chi connectivity index (χ1n) is 7.50. The van der Waals surface area contributed by atoms with Crippen LogP contribution in [0.4, 0.5) is 0 Å². The van der Waals surface area contributed by atoms with Crippen LogP contribution in [0.1, 0.15) is 34.1 Å². The Kier molecular flexibility index (Phi) is 3.93. The Balaban J connectivity index is 1.69. The number of H-pyrrole nitrogens is 1. The normalized spacial score (nSPS) is 13.9. The van der Waals surface area contributed by atoms with E-state index in [4.69, 9.17) is 4.42 Å². The number of carbonyl (C=O) groups excluding carboxylic acids is 1. The average molecular weight is 362 g/mol. The fourth-order valence-corrected chi connectivity index (χ4v) is 5.33. The summed E-state index contributed by atoms with van der Waals surface area (Å²) in [5.41, 5.74) is 1.03. The van der Waals surface area contributed by atoms with Crippen LogP contribution in [0.2, 0.25) is 0 Å². The number of methoxy groups -OCH3 is 1. The molecule has 3 aromatic rings. The van der Waals surface area contributed by atoms with Crippen LogP contribution < -0.4 is 5.56 Å². The van der Waals surface area contributed by atoms with E-state index in [1.807, 2.05) is 0 Å². The first-order valence-corrected chi connectivity index (χ1v) is 9.30. The Morgan fingerprint density at radius 3 is 3.17 bits per heavy atom. The van der Waals surface area contributed by atoms with Crippen molar-refractivity contribution >= 4 is 39.3 Å². The van der Waals surface area contributed by atoms with Gasteiger partial charge in [-0.15, -0.1) is 23.1 Å². The smallest absolute Gasteiger partial charge is 0.373 e. The Morgan fingerprint density at radius 1 is 1.46 bits per heavy atom. The second-order valence-corrected chi connectivity index (χ2v) is 7.81. The molecule has 0 saturated carbocycles. The van der Waals surface area contributed by atoms with Gasteiger partial charge in [-0.05, 0) is 36.3 Å². The number of hydrogen-bond donors (Lipinski definition) is 1. The summed E-state index contributed by atoms with van der Waals surface area (Å²) in [5.74, 6) is 1.78.